The summed E-state index contributed by atoms with van der Waals surface area (Å²) in [6.07, 6.45) is 1.57. The van der Waals surface area contributed by atoms with Crippen LogP contribution in [0.25, 0.3) is 0 Å². The first-order valence-electron chi connectivity index (χ1n) is 5.45. The van der Waals surface area contributed by atoms with Crippen LogP contribution in [0.1, 0.15) is 10.4 Å². The number of anilines is 3. The summed E-state index contributed by atoms with van der Waals surface area (Å²) in [5, 5.41) is 9.10. The van der Waals surface area contributed by atoms with E-state index >= 15 is 0 Å². The first-order valence-corrected chi connectivity index (χ1v) is 5.45. The van der Waals surface area contributed by atoms with E-state index in [-0.39, 0.29) is 5.91 Å². The first-order chi connectivity index (χ1) is 8.58. The largest absolute Gasteiger partial charge is 0.397 e. The Balaban J connectivity index is 2.19. The maximum Gasteiger partial charge on any atom is 0.256 e. The summed E-state index contributed by atoms with van der Waals surface area (Å²) in [5.74, 6) is 0.325. The van der Waals surface area contributed by atoms with Crippen LogP contribution in [0, 0.1) is 0 Å². The Morgan fingerprint density at radius 1 is 1.39 bits per heavy atom. The molecule has 2 aromatic rings. The Labute approximate surface area is 105 Å². The summed E-state index contributed by atoms with van der Waals surface area (Å²) >= 11 is 0. The first kappa shape index (κ1) is 12.0. The van der Waals surface area contributed by atoms with Crippen molar-refractivity contribution >= 4 is 23.1 Å². The summed E-state index contributed by atoms with van der Waals surface area (Å²) < 4.78 is 0. The summed E-state index contributed by atoms with van der Waals surface area (Å²) in [5.41, 5.74) is 7.85. The molecule has 2 rings (SSSR count). The third-order valence-corrected chi connectivity index (χ3v) is 2.52. The number of rotatable bonds is 3. The van der Waals surface area contributed by atoms with Crippen LogP contribution in [0.2, 0.25) is 0 Å². The molecule has 0 saturated carbocycles. The molecular weight excluding hydrogens is 230 g/mol. The van der Waals surface area contributed by atoms with Gasteiger partial charge in [-0.1, -0.05) is 0 Å². The topological polar surface area (TPSA) is 87.0 Å². The van der Waals surface area contributed by atoms with Crippen LogP contribution in [0.3, 0.4) is 0 Å². The number of aromatic nitrogens is 2. The minimum atomic E-state index is -0.226. The summed E-state index contributed by atoms with van der Waals surface area (Å²) in [6, 6.07) is 6.88. The zero-order valence-corrected chi connectivity index (χ0v) is 10.3. The van der Waals surface area contributed by atoms with Crippen molar-refractivity contribution in [3.05, 3.63) is 36.0 Å². The molecule has 1 aromatic heterocycles. The number of aromatic amines is 1. The van der Waals surface area contributed by atoms with Crippen molar-refractivity contribution in [2.75, 3.05) is 30.0 Å². The Hall–Kier alpha value is -2.50. The number of benzene rings is 1. The Bertz CT molecular complexity index is 548. The van der Waals surface area contributed by atoms with Gasteiger partial charge in [-0.15, -0.1) is 0 Å². The average molecular weight is 245 g/mol. The molecule has 4 N–H and O–H groups in total. The van der Waals surface area contributed by atoms with E-state index in [0.29, 0.717) is 17.1 Å². The molecule has 0 radical (unpaired) electrons. The molecule has 0 atom stereocenters. The number of nitrogens with one attached hydrogen (secondary N) is 2. The number of nitrogen functional groups attached to an aromatic ring is 1. The van der Waals surface area contributed by atoms with E-state index in [2.05, 4.69) is 15.5 Å². The van der Waals surface area contributed by atoms with Crippen molar-refractivity contribution in [3.63, 3.8) is 0 Å². The van der Waals surface area contributed by atoms with E-state index < -0.39 is 0 Å². The molecule has 18 heavy (non-hydrogen) atoms. The highest BCUT2D eigenvalue weighted by molar-refractivity contribution is 6.04. The molecule has 1 aromatic carbocycles. The normalized spacial score (nSPS) is 10.1. The Morgan fingerprint density at radius 2 is 2.17 bits per heavy atom. The van der Waals surface area contributed by atoms with E-state index in [1.165, 1.54) is 0 Å². The van der Waals surface area contributed by atoms with Gasteiger partial charge >= 0.3 is 0 Å². The minimum absolute atomic E-state index is 0.226. The minimum Gasteiger partial charge on any atom is -0.397 e. The lowest BCUT2D eigenvalue weighted by atomic mass is 10.1. The van der Waals surface area contributed by atoms with Crippen LogP contribution >= 0.6 is 0 Å². The van der Waals surface area contributed by atoms with Gasteiger partial charge in [0.25, 0.3) is 5.91 Å². The summed E-state index contributed by atoms with van der Waals surface area (Å²) in [4.78, 5) is 13.8. The number of hydrogen-bond acceptors (Lipinski definition) is 4. The van der Waals surface area contributed by atoms with E-state index in [9.17, 15) is 4.79 Å². The fourth-order valence-electron chi connectivity index (χ4n) is 1.62. The average Bonchev–Trinajstić information content (AvgIpc) is 2.81. The van der Waals surface area contributed by atoms with Gasteiger partial charge in [0.15, 0.2) is 0 Å². The molecular formula is C12H15N5O. The van der Waals surface area contributed by atoms with Crippen LogP contribution < -0.4 is 16.0 Å². The van der Waals surface area contributed by atoms with E-state index in [1.807, 2.05) is 25.1 Å². The van der Waals surface area contributed by atoms with Gasteiger partial charge in [-0.3, -0.25) is 9.89 Å². The van der Waals surface area contributed by atoms with Crippen LogP contribution in [0.15, 0.2) is 30.5 Å². The molecule has 0 bridgehead atoms. The van der Waals surface area contributed by atoms with E-state index in [4.69, 9.17) is 5.73 Å². The fraction of sp³-hybridized carbons (Fsp3) is 0.167. The van der Waals surface area contributed by atoms with Gasteiger partial charge in [0, 0.05) is 25.7 Å². The number of nitrogens with two attached hydrogens (primary N) is 1. The van der Waals surface area contributed by atoms with Gasteiger partial charge in [-0.05, 0) is 18.2 Å². The standard InChI is InChI=1S/C12H15N5O/c1-17(2)10-4-3-8(7-9(10)13)12(18)15-11-5-6-14-16-11/h3-7H,13H2,1-2H3,(H2,14,15,16,18). The highest BCUT2D eigenvalue weighted by Gasteiger charge is 2.09. The van der Waals surface area contributed by atoms with Crippen molar-refractivity contribution in [2.45, 2.75) is 0 Å². The highest BCUT2D eigenvalue weighted by atomic mass is 16.1. The zero-order valence-electron chi connectivity index (χ0n) is 10.3. The Morgan fingerprint density at radius 3 is 2.72 bits per heavy atom. The van der Waals surface area contributed by atoms with E-state index in [1.54, 1.807) is 24.4 Å². The van der Waals surface area contributed by atoms with Crippen molar-refractivity contribution in [1.82, 2.24) is 10.2 Å². The van der Waals surface area contributed by atoms with Crippen LogP contribution in [-0.4, -0.2) is 30.2 Å². The number of amides is 1. The second kappa shape index (κ2) is 4.79. The molecule has 0 fully saturated rings. The van der Waals surface area contributed by atoms with Crippen molar-refractivity contribution in [1.29, 1.82) is 0 Å². The van der Waals surface area contributed by atoms with Gasteiger partial charge in [0.2, 0.25) is 0 Å². The molecule has 0 spiro atoms. The molecule has 0 saturated heterocycles. The SMILES string of the molecule is CN(C)c1ccc(C(=O)Nc2ccn[nH]2)cc1N. The molecule has 94 valence electrons. The van der Waals surface area contributed by atoms with Crippen molar-refractivity contribution in [3.8, 4) is 0 Å². The molecule has 1 heterocycles. The molecule has 0 aliphatic heterocycles. The van der Waals surface area contributed by atoms with Crippen LogP contribution in [0.5, 0.6) is 0 Å². The molecule has 6 heteroatoms. The van der Waals surface area contributed by atoms with Gasteiger partial charge in [0.1, 0.15) is 5.82 Å². The number of nitrogens with zero attached hydrogens (tertiary/aromatic N) is 2. The summed E-state index contributed by atoms with van der Waals surface area (Å²) in [6.45, 7) is 0. The maximum absolute atomic E-state index is 11.9. The predicted octanol–water partition coefficient (Wildman–Crippen LogP) is 1.31. The van der Waals surface area contributed by atoms with Crippen molar-refractivity contribution < 1.29 is 4.79 Å². The highest BCUT2D eigenvalue weighted by Crippen LogP contribution is 2.22. The lowest BCUT2D eigenvalue weighted by molar-refractivity contribution is 0.102. The van der Waals surface area contributed by atoms with Gasteiger partial charge in [0.05, 0.1) is 17.6 Å². The quantitative estimate of drug-likeness (QED) is 0.711. The predicted molar refractivity (Wildman–Crippen MR) is 71.7 cm³/mol. The molecule has 0 aliphatic rings. The molecule has 0 unspecified atom stereocenters. The Kier molecular flexibility index (Phi) is 3.18. The number of H-pyrrole nitrogens is 1. The lowest BCUT2D eigenvalue weighted by Crippen LogP contribution is -2.15. The second-order valence-electron chi connectivity index (χ2n) is 4.09. The molecule has 1 amide bonds. The van der Waals surface area contributed by atoms with Crippen molar-refractivity contribution in [2.24, 2.45) is 0 Å². The summed E-state index contributed by atoms with van der Waals surface area (Å²) in [7, 11) is 3.80. The third-order valence-electron chi connectivity index (χ3n) is 2.52. The third kappa shape index (κ3) is 2.42. The molecule has 6 nitrogen and oxygen atoms in total. The van der Waals surface area contributed by atoms with Gasteiger partial charge in [-0.2, -0.15) is 5.10 Å². The van der Waals surface area contributed by atoms with Gasteiger partial charge < -0.3 is 16.0 Å². The second-order valence-corrected chi connectivity index (χ2v) is 4.09. The molecule has 0 aliphatic carbocycles. The monoisotopic (exact) mass is 245 g/mol. The van der Waals surface area contributed by atoms with E-state index in [0.717, 1.165) is 5.69 Å². The van der Waals surface area contributed by atoms with Gasteiger partial charge in [-0.25, -0.2) is 0 Å². The fourth-order valence-corrected chi connectivity index (χ4v) is 1.62. The number of carbonyl (C=O) groups is 1. The maximum atomic E-state index is 11.9. The number of carbonyl (C=O) groups excluding carboxylic acids is 1. The van der Waals surface area contributed by atoms with Crippen LogP contribution in [0.4, 0.5) is 17.2 Å². The lowest BCUT2D eigenvalue weighted by Gasteiger charge is -2.15. The number of hydrogen-bond donors (Lipinski definition) is 3. The zero-order chi connectivity index (χ0) is 13.1. The van der Waals surface area contributed by atoms with Crippen LogP contribution in [-0.2, 0) is 0 Å². The smallest absolute Gasteiger partial charge is 0.256 e.